The molecule has 1 fully saturated rings. The van der Waals surface area contributed by atoms with Crippen LogP contribution >= 0.6 is 11.6 Å². The first-order valence-corrected chi connectivity index (χ1v) is 12.6. The Bertz CT molecular complexity index is 1400. The second-order valence-corrected chi connectivity index (χ2v) is 9.33. The first-order valence-electron chi connectivity index (χ1n) is 12.3. The molecule has 0 spiro atoms. The van der Waals surface area contributed by atoms with Crippen LogP contribution in [0.25, 0.3) is 5.76 Å². The van der Waals surface area contributed by atoms with Crippen LogP contribution in [-0.4, -0.2) is 49.1 Å². The summed E-state index contributed by atoms with van der Waals surface area (Å²) >= 11 is 6.42. The molecule has 0 saturated carbocycles. The summed E-state index contributed by atoms with van der Waals surface area (Å²) in [5.74, 6) is -0.119. The largest absolute Gasteiger partial charge is 0.507 e. The van der Waals surface area contributed by atoms with Crippen LogP contribution in [0.1, 0.15) is 35.2 Å². The van der Waals surface area contributed by atoms with Gasteiger partial charge in [-0.3, -0.25) is 9.59 Å². The van der Waals surface area contributed by atoms with Gasteiger partial charge in [0.1, 0.15) is 11.5 Å². The van der Waals surface area contributed by atoms with Crippen molar-refractivity contribution in [3.05, 3.63) is 93.5 Å². The molecule has 0 bridgehead atoms. The number of hydrogen-bond acceptors (Lipinski definition) is 6. The average molecular weight is 536 g/mol. The van der Waals surface area contributed by atoms with E-state index in [1.54, 1.807) is 38.5 Å². The van der Waals surface area contributed by atoms with Crippen LogP contribution in [0.15, 0.2) is 66.2 Å². The third kappa shape index (κ3) is 5.34. The molecule has 0 aromatic heterocycles. The standard InChI is InChI=1S/C30H30ClNO6/c1-5-38-21-10-11-23(31)22(17-21)28(33)26-27(20-8-6-7-18(2)15-20)32(30(35)29(26)34)14-13-19-9-12-24(36-3)25(16-19)37-4/h6-12,15-17,27,33H,5,13-14H2,1-4H3/b28-26+. The van der Waals surface area contributed by atoms with Crippen LogP contribution in [-0.2, 0) is 16.0 Å². The summed E-state index contributed by atoms with van der Waals surface area (Å²) in [6.07, 6.45) is 0.455. The van der Waals surface area contributed by atoms with Crippen molar-refractivity contribution in [3.63, 3.8) is 0 Å². The third-order valence-corrected chi connectivity index (χ3v) is 6.82. The molecule has 7 nitrogen and oxygen atoms in total. The highest BCUT2D eigenvalue weighted by atomic mass is 35.5. The fraction of sp³-hybridized carbons (Fsp3) is 0.267. The number of aliphatic hydroxyl groups excluding tert-OH is 1. The number of amides is 1. The van der Waals surface area contributed by atoms with Crippen molar-refractivity contribution in [2.45, 2.75) is 26.3 Å². The fourth-order valence-electron chi connectivity index (χ4n) is 4.67. The summed E-state index contributed by atoms with van der Waals surface area (Å²) in [5.41, 5.74) is 2.80. The first-order chi connectivity index (χ1) is 18.3. The van der Waals surface area contributed by atoms with Gasteiger partial charge in [-0.15, -0.1) is 0 Å². The molecule has 0 radical (unpaired) electrons. The zero-order valence-electron chi connectivity index (χ0n) is 21.8. The van der Waals surface area contributed by atoms with E-state index in [-0.39, 0.29) is 28.5 Å². The Morgan fingerprint density at radius 1 is 1.00 bits per heavy atom. The molecule has 38 heavy (non-hydrogen) atoms. The summed E-state index contributed by atoms with van der Waals surface area (Å²) in [5, 5.41) is 11.7. The minimum absolute atomic E-state index is 0.0107. The lowest BCUT2D eigenvalue weighted by atomic mass is 9.94. The number of ketones is 1. The molecule has 1 unspecified atom stereocenters. The van der Waals surface area contributed by atoms with E-state index >= 15 is 0 Å². The number of ether oxygens (including phenoxy) is 3. The van der Waals surface area contributed by atoms with E-state index in [9.17, 15) is 14.7 Å². The number of carbonyl (C=O) groups is 2. The van der Waals surface area contributed by atoms with Gasteiger partial charge in [0.25, 0.3) is 11.7 Å². The molecule has 198 valence electrons. The number of Topliss-reactive ketones (excluding diaryl/α,β-unsaturated/α-hetero) is 1. The minimum atomic E-state index is -0.790. The van der Waals surface area contributed by atoms with Crippen LogP contribution in [0.5, 0.6) is 17.2 Å². The lowest BCUT2D eigenvalue weighted by Gasteiger charge is -2.26. The zero-order chi connectivity index (χ0) is 27.4. The van der Waals surface area contributed by atoms with Gasteiger partial charge in [-0.1, -0.05) is 47.5 Å². The van der Waals surface area contributed by atoms with E-state index in [0.717, 1.165) is 16.7 Å². The summed E-state index contributed by atoms with van der Waals surface area (Å²) in [7, 11) is 3.12. The van der Waals surface area contributed by atoms with E-state index in [2.05, 4.69) is 0 Å². The van der Waals surface area contributed by atoms with Crippen molar-refractivity contribution < 1.29 is 28.9 Å². The second kappa shape index (κ2) is 11.6. The predicted molar refractivity (Wildman–Crippen MR) is 146 cm³/mol. The maximum Gasteiger partial charge on any atom is 0.295 e. The zero-order valence-corrected chi connectivity index (χ0v) is 22.5. The predicted octanol–water partition coefficient (Wildman–Crippen LogP) is 5.73. The van der Waals surface area contributed by atoms with E-state index in [1.165, 1.54) is 4.90 Å². The molecular formula is C30H30ClNO6. The summed E-state index contributed by atoms with van der Waals surface area (Å²) < 4.78 is 16.3. The van der Waals surface area contributed by atoms with E-state index < -0.39 is 17.7 Å². The average Bonchev–Trinajstić information content (AvgIpc) is 3.17. The quantitative estimate of drug-likeness (QED) is 0.214. The van der Waals surface area contributed by atoms with Gasteiger partial charge in [0.15, 0.2) is 11.5 Å². The SMILES string of the molecule is CCOc1ccc(Cl)c(/C(O)=C2\C(=O)C(=O)N(CCc3ccc(OC)c(OC)c3)C2c2cccc(C)c2)c1. The molecule has 1 saturated heterocycles. The molecule has 1 N–H and O–H groups in total. The number of aliphatic hydroxyl groups is 1. The molecule has 1 aliphatic rings. The maximum atomic E-state index is 13.4. The van der Waals surface area contributed by atoms with Crippen LogP contribution in [0.3, 0.4) is 0 Å². The van der Waals surface area contributed by atoms with Crippen molar-refractivity contribution in [1.29, 1.82) is 0 Å². The van der Waals surface area contributed by atoms with Crippen molar-refractivity contribution >= 4 is 29.1 Å². The van der Waals surface area contributed by atoms with Crippen LogP contribution in [0, 0.1) is 6.92 Å². The number of methoxy groups -OCH3 is 2. The Hall–Kier alpha value is -3.97. The Labute approximate surface area is 227 Å². The maximum absolute atomic E-state index is 13.4. The lowest BCUT2D eigenvalue weighted by molar-refractivity contribution is -0.139. The molecule has 4 rings (SSSR count). The second-order valence-electron chi connectivity index (χ2n) is 8.92. The molecule has 3 aromatic rings. The molecule has 0 aliphatic carbocycles. The van der Waals surface area contributed by atoms with E-state index in [0.29, 0.717) is 30.3 Å². The Kier molecular flexibility index (Phi) is 8.27. The van der Waals surface area contributed by atoms with Crippen LogP contribution in [0.2, 0.25) is 5.02 Å². The molecular weight excluding hydrogens is 506 g/mol. The van der Waals surface area contributed by atoms with Gasteiger partial charge in [-0.05, 0) is 61.7 Å². The highest BCUT2D eigenvalue weighted by Gasteiger charge is 2.46. The number of rotatable bonds is 9. The number of aryl methyl sites for hydroxylation is 1. The fourth-order valence-corrected chi connectivity index (χ4v) is 4.88. The highest BCUT2D eigenvalue weighted by Crippen LogP contribution is 2.41. The Balaban J connectivity index is 1.78. The summed E-state index contributed by atoms with van der Waals surface area (Å²) in [6.45, 7) is 4.44. The molecule has 1 atom stereocenters. The molecule has 1 aliphatic heterocycles. The highest BCUT2D eigenvalue weighted by molar-refractivity contribution is 6.47. The first kappa shape index (κ1) is 27.1. The van der Waals surface area contributed by atoms with Gasteiger partial charge >= 0.3 is 0 Å². The van der Waals surface area contributed by atoms with E-state index in [4.69, 9.17) is 25.8 Å². The normalized spacial score (nSPS) is 16.6. The van der Waals surface area contributed by atoms with E-state index in [1.807, 2.05) is 50.2 Å². The van der Waals surface area contributed by atoms with Crippen molar-refractivity contribution in [2.75, 3.05) is 27.4 Å². The van der Waals surface area contributed by atoms with Crippen LogP contribution < -0.4 is 14.2 Å². The topological polar surface area (TPSA) is 85.3 Å². The van der Waals surface area contributed by atoms with Crippen molar-refractivity contribution in [1.82, 2.24) is 4.90 Å². The Morgan fingerprint density at radius 3 is 2.45 bits per heavy atom. The van der Waals surface area contributed by atoms with Gasteiger partial charge < -0.3 is 24.2 Å². The number of carbonyl (C=O) groups excluding carboxylic acids is 2. The number of halogens is 1. The number of nitrogens with zero attached hydrogens (tertiary/aromatic N) is 1. The molecule has 1 amide bonds. The monoisotopic (exact) mass is 535 g/mol. The van der Waals surface area contributed by atoms with Gasteiger partial charge in [0.2, 0.25) is 0 Å². The lowest BCUT2D eigenvalue weighted by Crippen LogP contribution is -2.31. The third-order valence-electron chi connectivity index (χ3n) is 6.49. The van der Waals surface area contributed by atoms with Gasteiger partial charge in [-0.25, -0.2) is 0 Å². The van der Waals surface area contributed by atoms with Gasteiger partial charge in [-0.2, -0.15) is 0 Å². The molecule has 3 aromatic carbocycles. The van der Waals surface area contributed by atoms with Gasteiger partial charge in [0.05, 0.1) is 37.5 Å². The summed E-state index contributed by atoms with van der Waals surface area (Å²) in [4.78, 5) is 28.2. The Morgan fingerprint density at radius 2 is 1.76 bits per heavy atom. The number of likely N-dealkylation sites (tertiary alicyclic amines) is 1. The van der Waals surface area contributed by atoms with Gasteiger partial charge in [0, 0.05) is 12.1 Å². The molecule has 1 heterocycles. The minimum Gasteiger partial charge on any atom is -0.507 e. The van der Waals surface area contributed by atoms with Crippen LogP contribution in [0.4, 0.5) is 0 Å². The van der Waals surface area contributed by atoms with Crippen molar-refractivity contribution in [3.8, 4) is 17.2 Å². The number of hydrogen-bond donors (Lipinski definition) is 1. The van der Waals surface area contributed by atoms with Crippen molar-refractivity contribution in [2.24, 2.45) is 0 Å². The number of benzene rings is 3. The smallest absolute Gasteiger partial charge is 0.295 e. The summed E-state index contributed by atoms with van der Waals surface area (Å²) in [6, 6.07) is 17.1. The molecule has 8 heteroatoms.